The van der Waals surface area contributed by atoms with Gasteiger partial charge in [-0.05, 0) is 38.3 Å². The summed E-state index contributed by atoms with van der Waals surface area (Å²) in [5, 5.41) is 0. The standard InChI is InChI=1S/C16H22N2O3S2/c1-13-7-8-15(22-13)23(20,21)18-11-9-17(10-12-18)16(19)14-5-3-2-4-6-14/h2-3,7-8,14H,4-6,9-12H2,1H3. The molecular weight excluding hydrogens is 332 g/mol. The number of allylic oxidation sites excluding steroid dienone is 2. The number of carbonyl (C=O) groups excluding carboxylic acids is 1. The van der Waals surface area contributed by atoms with Gasteiger partial charge in [-0.25, -0.2) is 8.42 Å². The van der Waals surface area contributed by atoms with E-state index in [4.69, 9.17) is 0 Å². The van der Waals surface area contributed by atoms with Gasteiger partial charge in [0.2, 0.25) is 5.91 Å². The molecule has 23 heavy (non-hydrogen) atoms. The molecule has 1 aliphatic carbocycles. The molecule has 1 atom stereocenters. The number of hydrogen-bond donors (Lipinski definition) is 0. The largest absolute Gasteiger partial charge is 0.340 e. The topological polar surface area (TPSA) is 57.7 Å². The van der Waals surface area contributed by atoms with Crippen molar-refractivity contribution in [3.8, 4) is 0 Å². The van der Waals surface area contributed by atoms with Crippen LogP contribution >= 0.6 is 11.3 Å². The lowest BCUT2D eigenvalue weighted by molar-refractivity contribution is -0.137. The van der Waals surface area contributed by atoms with Crippen molar-refractivity contribution in [1.29, 1.82) is 0 Å². The van der Waals surface area contributed by atoms with Gasteiger partial charge in [0.05, 0.1) is 0 Å². The molecule has 0 spiro atoms. The lowest BCUT2D eigenvalue weighted by Gasteiger charge is -2.35. The number of nitrogens with zero attached hydrogens (tertiary/aromatic N) is 2. The fourth-order valence-electron chi connectivity index (χ4n) is 3.10. The molecule has 7 heteroatoms. The molecule has 0 bridgehead atoms. The SMILES string of the molecule is Cc1ccc(S(=O)(=O)N2CCN(C(=O)C3CC=CCC3)CC2)s1. The highest BCUT2D eigenvalue weighted by Gasteiger charge is 2.32. The first-order chi connectivity index (χ1) is 11.0. The fraction of sp³-hybridized carbons (Fsp3) is 0.562. The van der Waals surface area contributed by atoms with Crippen molar-refractivity contribution in [2.75, 3.05) is 26.2 Å². The summed E-state index contributed by atoms with van der Waals surface area (Å²) in [6.07, 6.45) is 6.87. The van der Waals surface area contributed by atoms with Crippen LogP contribution in [0.4, 0.5) is 0 Å². The van der Waals surface area contributed by atoms with Crippen molar-refractivity contribution in [3.05, 3.63) is 29.2 Å². The molecule has 2 heterocycles. The zero-order valence-corrected chi connectivity index (χ0v) is 14.9. The van der Waals surface area contributed by atoms with Crippen LogP contribution in [0.5, 0.6) is 0 Å². The number of rotatable bonds is 3. The molecule has 1 aromatic heterocycles. The van der Waals surface area contributed by atoms with Crippen LogP contribution in [0, 0.1) is 12.8 Å². The molecule has 0 saturated carbocycles. The Morgan fingerprint density at radius 3 is 2.48 bits per heavy atom. The third-order valence-corrected chi connectivity index (χ3v) is 7.85. The number of carbonyl (C=O) groups is 1. The van der Waals surface area contributed by atoms with E-state index in [-0.39, 0.29) is 11.8 Å². The van der Waals surface area contributed by atoms with E-state index in [2.05, 4.69) is 12.2 Å². The average molecular weight is 354 g/mol. The van der Waals surface area contributed by atoms with E-state index in [0.29, 0.717) is 30.4 Å². The third-order valence-electron chi connectivity index (χ3n) is 4.48. The fourth-order valence-corrected chi connectivity index (χ4v) is 5.96. The molecule has 1 aromatic rings. The molecule has 1 amide bonds. The first-order valence-corrected chi connectivity index (χ1v) is 10.2. The first kappa shape index (κ1) is 16.7. The van der Waals surface area contributed by atoms with Crippen LogP contribution < -0.4 is 0 Å². The summed E-state index contributed by atoms with van der Waals surface area (Å²) < 4.78 is 27.1. The van der Waals surface area contributed by atoms with E-state index in [0.717, 1.165) is 24.1 Å². The monoisotopic (exact) mass is 354 g/mol. The second-order valence-electron chi connectivity index (χ2n) is 6.08. The van der Waals surface area contributed by atoms with Gasteiger partial charge in [-0.2, -0.15) is 4.31 Å². The Labute approximate surface area is 141 Å². The zero-order chi connectivity index (χ0) is 16.4. The van der Waals surface area contributed by atoms with Crippen LogP contribution in [-0.4, -0.2) is 49.7 Å². The van der Waals surface area contributed by atoms with Crippen LogP contribution in [0.25, 0.3) is 0 Å². The van der Waals surface area contributed by atoms with E-state index in [1.165, 1.54) is 15.6 Å². The van der Waals surface area contributed by atoms with Gasteiger partial charge in [0.25, 0.3) is 10.0 Å². The van der Waals surface area contributed by atoms with Crippen molar-refractivity contribution in [3.63, 3.8) is 0 Å². The quantitative estimate of drug-likeness (QED) is 0.782. The van der Waals surface area contributed by atoms with Crippen molar-refractivity contribution in [2.45, 2.75) is 30.4 Å². The van der Waals surface area contributed by atoms with Gasteiger partial charge in [0.1, 0.15) is 4.21 Å². The maximum Gasteiger partial charge on any atom is 0.252 e. The molecule has 3 rings (SSSR count). The molecular formula is C16H22N2O3S2. The molecule has 1 fully saturated rings. The number of aryl methyl sites for hydroxylation is 1. The molecule has 1 unspecified atom stereocenters. The summed E-state index contributed by atoms with van der Waals surface area (Å²) in [7, 11) is -3.41. The van der Waals surface area contributed by atoms with E-state index in [1.807, 2.05) is 17.9 Å². The molecule has 2 aliphatic rings. The van der Waals surface area contributed by atoms with Crippen LogP contribution in [0.1, 0.15) is 24.1 Å². The molecule has 0 radical (unpaired) electrons. The highest BCUT2D eigenvalue weighted by atomic mass is 32.2. The Morgan fingerprint density at radius 1 is 1.17 bits per heavy atom. The van der Waals surface area contributed by atoms with Gasteiger partial charge >= 0.3 is 0 Å². The molecule has 126 valence electrons. The second-order valence-corrected chi connectivity index (χ2v) is 9.53. The Kier molecular flexibility index (Phi) is 4.89. The van der Waals surface area contributed by atoms with Crippen LogP contribution in [-0.2, 0) is 14.8 Å². The first-order valence-electron chi connectivity index (χ1n) is 7.99. The van der Waals surface area contributed by atoms with Gasteiger partial charge in [-0.15, -0.1) is 11.3 Å². The Morgan fingerprint density at radius 2 is 1.91 bits per heavy atom. The van der Waals surface area contributed by atoms with Crippen LogP contribution in [0.2, 0.25) is 0 Å². The normalized spacial score (nSPS) is 23.2. The predicted molar refractivity (Wildman–Crippen MR) is 90.9 cm³/mol. The number of hydrogen-bond acceptors (Lipinski definition) is 4. The number of sulfonamides is 1. The Balaban J connectivity index is 1.62. The minimum Gasteiger partial charge on any atom is -0.340 e. The molecule has 0 N–H and O–H groups in total. The Bertz CT molecular complexity index is 701. The third kappa shape index (κ3) is 3.51. The smallest absolute Gasteiger partial charge is 0.252 e. The maximum absolute atomic E-state index is 12.6. The maximum atomic E-state index is 12.6. The van der Waals surface area contributed by atoms with E-state index in [9.17, 15) is 13.2 Å². The lowest BCUT2D eigenvalue weighted by Crippen LogP contribution is -2.51. The molecule has 5 nitrogen and oxygen atoms in total. The van der Waals surface area contributed by atoms with E-state index < -0.39 is 10.0 Å². The van der Waals surface area contributed by atoms with Crippen molar-refractivity contribution in [2.24, 2.45) is 5.92 Å². The summed E-state index contributed by atoms with van der Waals surface area (Å²) in [4.78, 5) is 15.3. The number of piperazine rings is 1. The van der Waals surface area contributed by atoms with Crippen molar-refractivity contribution >= 4 is 27.3 Å². The summed E-state index contributed by atoms with van der Waals surface area (Å²) in [6.45, 7) is 3.64. The average Bonchev–Trinajstić information content (AvgIpc) is 3.02. The summed E-state index contributed by atoms with van der Waals surface area (Å²) in [6, 6.07) is 3.50. The summed E-state index contributed by atoms with van der Waals surface area (Å²) >= 11 is 1.30. The molecule has 1 aliphatic heterocycles. The van der Waals surface area contributed by atoms with Crippen molar-refractivity contribution in [1.82, 2.24) is 9.21 Å². The minimum absolute atomic E-state index is 0.0723. The van der Waals surface area contributed by atoms with Gasteiger partial charge in [0.15, 0.2) is 0 Å². The van der Waals surface area contributed by atoms with Crippen LogP contribution in [0.3, 0.4) is 0 Å². The zero-order valence-electron chi connectivity index (χ0n) is 13.3. The molecule has 0 aromatic carbocycles. The Hall–Kier alpha value is -1.18. The minimum atomic E-state index is -3.41. The lowest BCUT2D eigenvalue weighted by atomic mass is 9.93. The van der Waals surface area contributed by atoms with E-state index >= 15 is 0 Å². The van der Waals surface area contributed by atoms with Gasteiger partial charge < -0.3 is 4.90 Å². The van der Waals surface area contributed by atoms with Gasteiger partial charge in [0, 0.05) is 37.0 Å². The highest BCUT2D eigenvalue weighted by Crippen LogP contribution is 2.26. The van der Waals surface area contributed by atoms with Crippen LogP contribution in [0.15, 0.2) is 28.5 Å². The molecule has 1 saturated heterocycles. The van der Waals surface area contributed by atoms with Crippen molar-refractivity contribution < 1.29 is 13.2 Å². The predicted octanol–water partition coefficient (Wildman–Crippen LogP) is 2.25. The number of thiophene rings is 1. The summed E-state index contributed by atoms with van der Waals surface area (Å²) in [5.41, 5.74) is 0. The van der Waals surface area contributed by atoms with Gasteiger partial charge in [-0.1, -0.05) is 12.2 Å². The number of amides is 1. The highest BCUT2D eigenvalue weighted by molar-refractivity contribution is 7.91. The van der Waals surface area contributed by atoms with Gasteiger partial charge in [-0.3, -0.25) is 4.79 Å². The second kappa shape index (κ2) is 6.75. The summed E-state index contributed by atoms with van der Waals surface area (Å²) in [5.74, 6) is 0.251. The van der Waals surface area contributed by atoms with E-state index in [1.54, 1.807) is 6.07 Å².